The van der Waals surface area contributed by atoms with Crippen molar-refractivity contribution in [3.63, 3.8) is 0 Å². The van der Waals surface area contributed by atoms with Crippen molar-refractivity contribution in [2.45, 2.75) is 24.8 Å². The minimum Gasteiger partial charge on any atom is -0.492 e. The molecule has 0 saturated heterocycles. The van der Waals surface area contributed by atoms with Gasteiger partial charge >= 0.3 is 0 Å². The second-order valence-electron chi connectivity index (χ2n) is 6.30. The molecule has 5 nitrogen and oxygen atoms in total. The molecule has 0 spiro atoms. The van der Waals surface area contributed by atoms with Crippen LogP contribution in [0, 0.1) is 5.92 Å². The molecule has 25 heavy (non-hydrogen) atoms. The van der Waals surface area contributed by atoms with E-state index in [1.165, 1.54) is 23.3 Å². The molecule has 0 bridgehead atoms. The molecule has 1 atom stereocenters. The summed E-state index contributed by atoms with van der Waals surface area (Å²) < 4.78 is 31.0. The van der Waals surface area contributed by atoms with Crippen molar-refractivity contribution in [2.75, 3.05) is 27.2 Å². The molecule has 2 rings (SSSR count). The summed E-state index contributed by atoms with van der Waals surface area (Å²) >= 11 is 1.76. The first-order valence-corrected chi connectivity index (χ1v) is 10.6. The second-order valence-corrected chi connectivity index (χ2v) is 9.43. The number of thiophene rings is 1. The van der Waals surface area contributed by atoms with Gasteiger partial charge in [0.25, 0.3) is 0 Å². The lowest BCUT2D eigenvalue weighted by molar-refractivity contribution is 0.294. The van der Waals surface area contributed by atoms with Crippen molar-refractivity contribution >= 4 is 21.4 Å². The van der Waals surface area contributed by atoms with Crippen molar-refractivity contribution in [3.05, 3.63) is 46.7 Å². The van der Waals surface area contributed by atoms with Gasteiger partial charge in [0, 0.05) is 31.6 Å². The average molecular weight is 383 g/mol. The zero-order valence-electron chi connectivity index (χ0n) is 15.1. The van der Waals surface area contributed by atoms with Crippen molar-refractivity contribution in [2.24, 2.45) is 5.92 Å². The van der Waals surface area contributed by atoms with Gasteiger partial charge in [0.1, 0.15) is 12.4 Å². The first kappa shape index (κ1) is 19.9. The van der Waals surface area contributed by atoms with Gasteiger partial charge < -0.3 is 10.1 Å². The first-order chi connectivity index (χ1) is 11.8. The maximum absolute atomic E-state index is 12.0. The molecule has 2 aromatic rings. The molecule has 0 saturated carbocycles. The fraction of sp³-hybridized carbons (Fsp3) is 0.444. The van der Waals surface area contributed by atoms with E-state index in [1.54, 1.807) is 35.6 Å². The molecule has 1 heterocycles. The van der Waals surface area contributed by atoms with Crippen LogP contribution in [0.3, 0.4) is 0 Å². The molecule has 0 radical (unpaired) electrons. The van der Waals surface area contributed by atoms with Crippen molar-refractivity contribution in [1.29, 1.82) is 0 Å². The van der Waals surface area contributed by atoms with Crippen LogP contribution < -0.4 is 10.1 Å². The summed E-state index contributed by atoms with van der Waals surface area (Å²) in [6.45, 7) is 5.64. The lowest BCUT2D eigenvalue weighted by Crippen LogP contribution is -2.29. The topological polar surface area (TPSA) is 58.6 Å². The third-order valence-electron chi connectivity index (χ3n) is 3.85. The Morgan fingerprint density at radius 3 is 2.36 bits per heavy atom. The molecule has 138 valence electrons. The summed E-state index contributed by atoms with van der Waals surface area (Å²) in [6.07, 6.45) is 0. The Balaban J connectivity index is 1.86. The molecule has 0 aliphatic carbocycles. The third kappa shape index (κ3) is 5.28. The van der Waals surface area contributed by atoms with E-state index in [0.717, 1.165) is 6.54 Å². The summed E-state index contributed by atoms with van der Waals surface area (Å²) in [5, 5.41) is 5.61. The highest BCUT2D eigenvalue weighted by Gasteiger charge is 2.17. The zero-order chi connectivity index (χ0) is 18.4. The monoisotopic (exact) mass is 382 g/mol. The number of rotatable bonds is 9. The van der Waals surface area contributed by atoms with Gasteiger partial charge in [-0.1, -0.05) is 19.9 Å². The molecule has 1 aromatic carbocycles. The van der Waals surface area contributed by atoms with E-state index in [0.29, 0.717) is 24.3 Å². The van der Waals surface area contributed by atoms with E-state index in [-0.39, 0.29) is 4.90 Å². The highest BCUT2D eigenvalue weighted by molar-refractivity contribution is 7.89. The molecule has 0 aliphatic heterocycles. The number of nitrogens with one attached hydrogen (secondary N) is 1. The van der Waals surface area contributed by atoms with Crippen molar-refractivity contribution < 1.29 is 13.2 Å². The third-order valence-corrected chi connectivity index (χ3v) is 6.64. The Morgan fingerprint density at radius 2 is 1.84 bits per heavy atom. The highest BCUT2D eigenvalue weighted by Crippen LogP contribution is 2.25. The Labute approximate surface area is 154 Å². The maximum Gasteiger partial charge on any atom is 0.242 e. The smallest absolute Gasteiger partial charge is 0.242 e. The fourth-order valence-corrected chi connectivity index (χ4v) is 4.31. The number of ether oxygens (including phenoxy) is 1. The number of benzene rings is 1. The van der Waals surface area contributed by atoms with E-state index in [2.05, 4.69) is 36.7 Å². The highest BCUT2D eigenvalue weighted by atomic mass is 32.2. The van der Waals surface area contributed by atoms with Crippen LogP contribution in [0.25, 0.3) is 0 Å². The Morgan fingerprint density at radius 1 is 1.16 bits per heavy atom. The molecule has 0 amide bonds. The lowest BCUT2D eigenvalue weighted by Gasteiger charge is -2.21. The van der Waals surface area contributed by atoms with E-state index in [9.17, 15) is 8.42 Å². The number of hydrogen-bond acceptors (Lipinski definition) is 5. The van der Waals surface area contributed by atoms with Gasteiger partial charge in [0.15, 0.2) is 0 Å². The summed E-state index contributed by atoms with van der Waals surface area (Å²) in [7, 11) is -0.362. The summed E-state index contributed by atoms with van der Waals surface area (Å²) in [6, 6.07) is 11.0. The van der Waals surface area contributed by atoms with Gasteiger partial charge in [-0.05, 0) is 41.6 Å². The fourth-order valence-electron chi connectivity index (χ4n) is 2.44. The predicted octanol–water partition coefficient (Wildman–Crippen LogP) is 3.36. The van der Waals surface area contributed by atoms with Gasteiger partial charge in [-0.3, -0.25) is 0 Å². The van der Waals surface area contributed by atoms with E-state index >= 15 is 0 Å². The Kier molecular flexibility index (Phi) is 7.01. The standard InChI is InChI=1S/C18H26N2O3S2/c1-14(2)18(17-6-5-13-24-17)19-11-12-23-15-7-9-16(10-8-15)25(21,22)20(3)4/h5-10,13-14,18-19H,11-12H2,1-4H3. The van der Waals surface area contributed by atoms with Gasteiger partial charge in [0.2, 0.25) is 10.0 Å². The van der Waals surface area contributed by atoms with Crippen LogP contribution in [0.15, 0.2) is 46.7 Å². The molecule has 1 aromatic heterocycles. The molecule has 1 N–H and O–H groups in total. The van der Waals surface area contributed by atoms with Gasteiger partial charge in [-0.2, -0.15) is 0 Å². The zero-order valence-corrected chi connectivity index (χ0v) is 16.7. The number of sulfonamides is 1. The normalized spacial score (nSPS) is 13.4. The molecule has 0 aliphatic rings. The quantitative estimate of drug-likeness (QED) is 0.676. The lowest BCUT2D eigenvalue weighted by atomic mass is 10.0. The minimum absolute atomic E-state index is 0.264. The van der Waals surface area contributed by atoms with Crippen molar-refractivity contribution in [3.8, 4) is 5.75 Å². The van der Waals surface area contributed by atoms with Crippen LogP contribution in [0.5, 0.6) is 5.75 Å². The van der Waals surface area contributed by atoms with Crippen LogP contribution in [0.2, 0.25) is 0 Å². The van der Waals surface area contributed by atoms with Crippen LogP contribution in [0.4, 0.5) is 0 Å². The maximum atomic E-state index is 12.0. The van der Waals surface area contributed by atoms with E-state index < -0.39 is 10.0 Å². The number of nitrogens with zero attached hydrogens (tertiary/aromatic N) is 1. The van der Waals surface area contributed by atoms with E-state index in [1.807, 2.05) is 0 Å². The van der Waals surface area contributed by atoms with Gasteiger partial charge in [0.05, 0.1) is 4.90 Å². The van der Waals surface area contributed by atoms with Crippen LogP contribution >= 0.6 is 11.3 Å². The van der Waals surface area contributed by atoms with Crippen LogP contribution in [-0.2, 0) is 10.0 Å². The van der Waals surface area contributed by atoms with Gasteiger partial charge in [-0.15, -0.1) is 11.3 Å². The predicted molar refractivity (Wildman–Crippen MR) is 103 cm³/mol. The van der Waals surface area contributed by atoms with E-state index in [4.69, 9.17) is 4.74 Å². The number of hydrogen-bond donors (Lipinski definition) is 1. The molecule has 0 fully saturated rings. The minimum atomic E-state index is -3.40. The Bertz CT molecular complexity index is 739. The van der Waals surface area contributed by atoms with Crippen LogP contribution in [-0.4, -0.2) is 40.0 Å². The van der Waals surface area contributed by atoms with Gasteiger partial charge in [-0.25, -0.2) is 12.7 Å². The summed E-state index contributed by atoms with van der Waals surface area (Å²) in [5.41, 5.74) is 0. The molecular formula is C18H26N2O3S2. The van der Waals surface area contributed by atoms with Crippen LogP contribution in [0.1, 0.15) is 24.8 Å². The average Bonchev–Trinajstić information content (AvgIpc) is 3.08. The second kappa shape index (κ2) is 8.80. The summed E-state index contributed by atoms with van der Waals surface area (Å²) in [4.78, 5) is 1.59. The largest absolute Gasteiger partial charge is 0.492 e. The molecule has 1 unspecified atom stereocenters. The van der Waals surface area contributed by atoms with Crippen molar-refractivity contribution in [1.82, 2.24) is 9.62 Å². The Hall–Kier alpha value is -1.41. The molecule has 7 heteroatoms. The summed E-state index contributed by atoms with van der Waals surface area (Å²) in [5.74, 6) is 1.16. The molecular weight excluding hydrogens is 356 g/mol. The first-order valence-electron chi connectivity index (χ1n) is 8.24. The SMILES string of the molecule is CC(C)C(NCCOc1ccc(S(=O)(=O)N(C)C)cc1)c1cccs1.